The maximum absolute atomic E-state index is 3.45. The van der Waals surface area contributed by atoms with Gasteiger partial charge < -0.3 is 5.32 Å². The number of benzene rings is 1. The van der Waals surface area contributed by atoms with Crippen molar-refractivity contribution in [2.24, 2.45) is 0 Å². The van der Waals surface area contributed by atoms with E-state index in [9.17, 15) is 0 Å². The molecule has 1 atom stereocenters. The highest BCUT2D eigenvalue weighted by Crippen LogP contribution is 2.23. The average molecular weight is 246 g/mol. The van der Waals surface area contributed by atoms with Crippen molar-refractivity contribution < 1.29 is 0 Å². The lowest BCUT2D eigenvalue weighted by atomic mass is 9.93. The molecule has 2 rings (SSSR count). The minimum absolute atomic E-state index is 0.699. The molecule has 2 heteroatoms. The monoisotopic (exact) mass is 246 g/mol. The lowest BCUT2D eigenvalue weighted by Crippen LogP contribution is -2.33. The van der Waals surface area contributed by atoms with Gasteiger partial charge in [0.15, 0.2) is 0 Å². The van der Waals surface area contributed by atoms with Gasteiger partial charge in [-0.25, -0.2) is 0 Å². The molecule has 2 nitrogen and oxygen atoms in total. The molecule has 1 aliphatic rings. The second-order valence-corrected chi connectivity index (χ2v) is 5.80. The van der Waals surface area contributed by atoms with E-state index in [4.69, 9.17) is 0 Å². The maximum atomic E-state index is 3.45. The Morgan fingerprint density at radius 1 is 1.17 bits per heavy atom. The molecule has 1 saturated heterocycles. The predicted octanol–water partition coefficient (Wildman–Crippen LogP) is 2.71. The van der Waals surface area contributed by atoms with Gasteiger partial charge in [0.2, 0.25) is 0 Å². The quantitative estimate of drug-likeness (QED) is 0.882. The molecule has 0 aliphatic carbocycles. The van der Waals surface area contributed by atoms with E-state index in [1.807, 2.05) is 0 Å². The van der Waals surface area contributed by atoms with Gasteiger partial charge in [0, 0.05) is 19.1 Å². The summed E-state index contributed by atoms with van der Waals surface area (Å²) in [6.45, 7) is 12.4. The van der Waals surface area contributed by atoms with E-state index >= 15 is 0 Å². The summed E-state index contributed by atoms with van der Waals surface area (Å²) in [4.78, 5) is 2.51. The lowest BCUT2D eigenvalue weighted by Gasteiger charge is -2.26. The third kappa shape index (κ3) is 2.60. The zero-order valence-electron chi connectivity index (χ0n) is 12.4. The maximum Gasteiger partial charge on any atom is 0.0239 e. The van der Waals surface area contributed by atoms with Crippen molar-refractivity contribution in [2.45, 2.75) is 46.7 Å². The summed E-state index contributed by atoms with van der Waals surface area (Å²) >= 11 is 0. The molecule has 100 valence electrons. The van der Waals surface area contributed by atoms with Gasteiger partial charge in [-0.1, -0.05) is 6.07 Å². The van der Waals surface area contributed by atoms with E-state index in [0.717, 1.165) is 13.1 Å². The number of likely N-dealkylation sites (N-methyl/N-ethyl adjacent to an activating group) is 1. The summed E-state index contributed by atoms with van der Waals surface area (Å²) in [7, 11) is 2.26. The number of aryl methyl sites for hydroxylation is 2. The molecular formula is C16H26N2. The highest BCUT2D eigenvalue weighted by atomic mass is 15.2. The van der Waals surface area contributed by atoms with Crippen LogP contribution >= 0.6 is 0 Å². The van der Waals surface area contributed by atoms with Crippen LogP contribution in [0.4, 0.5) is 0 Å². The van der Waals surface area contributed by atoms with Crippen LogP contribution in [0.3, 0.4) is 0 Å². The Morgan fingerprint density at radius 2 is 1.78 bits per heavy atom. The van der Waals surface area contributed by atoms with Crippen molar-refractivity contribution in [3.05, 3.63) is 33.9 Å². The second kappa shape index (κ2) is 5.41. The summed E-state index contributed by atoms with van der Waals surface area (Å²) in [5.74, 6) is 0. The zero-order valence-corrected chi connectivity index (χ0v) is 12.4. The van der Waals surface area contributed by atoms with Crippen LogP contribution in [0, 0.1) is 27.7 Å². The van der Waals surface area contributed by atoms with Crippen molar-refractivity contribution in [1.82, 2.24) is 10.2 Å². The molecule has 1 aromatic carbocycles. The van der Waals surface area contributed by atoms with Crippen LogP contribution in [0.2, 0.25) is 0 Å². The van der Waals surface area contributed by atoms with E-state index in [-0.39, 0.29) is 0 Å². The van der Waals surface area contributed by atoms with Crippen molar-refractivity contribution in [1.29, 1.82) is 0 Å². The summed E-state index contributed by atoms with van der Waals surface area (Å²) in [5, 5.41) is 3.45. The standard InChI is InChI=1S/C16H26N2/c1-11-8-12(2)14(4)16(13(11)3)10-18(5)15-6-7-17-9-15/h8,15,17H,6-7,9-10H2,1-5H3. The van der Waals surface area contributed by atoms with Crippen LogP contribution in [0.1, 0.15) is 34.2 Å². The third-order valence-corrected chi connectivity index (χ3v) is 4.59. The summed E-state index contributed by atoms with van der Waals surface area (Å²) < 4.78 is 0. The summed E-state index contributed by atoms with van der Waals surface area (Å²) in [6, 6.07) is 3.01. The lowest BCUT2D eigenvalue weighted by molar-refractivity contribution is 0.248. The topological polar surface area (TPSA) is 15.3 Å². The highest BCUT2D eigenvalue weighted by molar-refractivity contribution is 5.43. The fourth-order valence-electron chi connectivity index (χ4n) is 2.93. The van der Waals surface area contributed by atoms with Gasteiger partial charge in [-0.3, -0.25) is 4.90 Å². The van der Waals surface area contributed by atoms with Crippen molar-refractivity contribution >= 4 is 0 Å². The summed E-state index contributed by atoms with van der Waals surface area (Å²) in [5.41, 5.74) is 7.31. The van der Waals surface area contributed by atoms with Gasteiger partial charge in [-0.05, 0) is 75.5 Å². The van der Waals surface area contributed by atoms with Gasteiger partial charge in [-0.2, -0.15) is 0 Å². The Labute approximate surface area is 111 Å². The van der Waals surface area contributed by atoms with Gasteiger partial charge >= 0.3 is 0 Å². The largest absolute Gasteiger partial charge is 0.315 e. The third-order valence-electron chi connectivity index (χ3n) is 4.59. The second-order valence-electron chi connectivity index (χ2n) is 5.80. The van der Waals surface area contributed by atoms with Crippen LogP contribution in [-0.2, 0) is 6.54 Å². The predicted molar refractivity (Wildman–Crippen MR) is 78.1 cm³/mol. The minimum Gasteiger partial charge on any atom is -0.315 e. The van der Waals surface area contributed by atoms with Crippen molar-refractivity contribution in [3.8, 4) is 0 Å². The van der Waals surface area contributed by atoms with Gasteiger partial charge in [0.25, 0.3) is 0 Å². The number of nitrogens with zero attached hydrogens (tertiary/aromatic N) is 1. The molecule has 0 aromatic heterocycles. The number of hydrogen-bond donors (Lipinski definition) is 1. The molecular weight excluding hydrogens is 220 g/mol. The molecule has 1 fully saturated rings. The first-order valence-electron chi connectivity index (χ1n) is 6.98. The minimum atomic E-state index is 0.699. The molecule has 0 amide bonds. The normalized spacial score (nSPS) is 19.8. The van der Waals surface area contributed by atoms with Crippen LogP contribution in [0.25, 0.3) is 0 Å². The molecule has 1 unspecified atom stereocenters. The molecule has 18 heavy (non-hydrogen) atoms. The Kier molecular flexibility index (Phi) is 4.08. The Morgan fingerprint density at radius 3 is 2.28 bits per heavy atom. The number of rotatable bonds is 3. The van der Waals surface area contributed by atoms with Crippen molar-refractivity contribution in [3.63, 3.8) is 0 Å². The average Bonchev–Trinajstić information content (AvgIpc) is 2.85. The van der Waals surface area contributed by atoms with E-state index in [0.29, 0.717) is 6.04 Å². The molecule has 0 spiro atoms. The van der Waals surface area contributed by atoms with E-state index in [2.05, 4.69) is 51.0 Å². The molecule has 1 N–H and O–H groups in total. The fourth-order valence-corrected chi connectivity index (χ4v) is 2.93. The smallest absolute Gasteiger partial charge is 0.0239 e. The molecule has 0 bridgehead atoms. The van der Waals surface area contributed by atoms with Crippen LogP contribution in [0.5, 0.6) is 0 Å². The number of nitrogens with one attached hydrogen (secondary N) is 1. The van der Waals surface area contributed by atoms with Gasteiger partial charge in [-0.15, -0.1) is 0 Å². The first kappa shape index (κ1) is 13.6. The fraction of sp³-hybridized carbons (Fsp3) is 0.625. The van der Waals surface area contributed by atoms with E-state index < -0.39 is 0 Å². The van der Waals surface area contributed by atoms with E-state index in [1.165, 1.54) is 40.8 Å². The van der Waals surface area contributed by atoms with Crippen molar-refractivity contribution in [2.75, 3.05) is 20.1 Å². The van der Waals surface area contributed by atoms with Gasteiger partial charge in [0.1, 0.15) is 0 Å². The Bertz CT molecular complexity index is 405. The summed E-state index contributed by atoms with van der Waals surface area (Å²) in [6.07, 6.45) is 1.28. The number of hydrogen-bond acceptors (Lipinski definition) is 2. The van der Waals surface area contributed by atoms with Gasteiger partial charge in [0.05, 0.1) is 0 Å². The zero-order chi connectivity index (χ0) is 13.3. The molecule has 1 aromatic rings. The van der Waals surface area contributed by atoms with E-state index in [1.54, 1.807) is 0 Å². The first-order chi connectivity index (χ1) is 8.50. The van der Waals surface area contributed by atoms with Crippen LogP contribution in [-0.4, -0.2) is 31.1 Å². The first-order valence-corrected chi connectivity index (χ1v) is 6.98. The molecule has 0 radical (unpaired) electrons. The molecule has 1 heterocycles. The molecule has 1 aliphatic heterocycles. The Hall–Kier alpha value is -0.860. The Balaban J connectivity index is 2.22. The molecule has 0 saturated carbocycles. The van der Waals surface area contributed by atoms with Crippen LogP contribution < -0.4 is 5.32 Å². The highest BCUT2D eigenvalue weighted by Gasteiger charge is 2.20. The SMILES string of the molecule is Cc1cc(C)c(C)c(CN(C)C2CCNC2)c1C. The van der Waals surface area contributed by atoms with Crippen LogP contribution in [0.15, 0.2) is 6.07 Å².